The normalized spacial score (nSPS) is 23.9. The van der Waals surface area contributed by atoms with Gasteiger partial charge in [0.05, 0.1) is 0 Å². The zero-order valence-electron chi connectivity index (χ0n) is 8.16. The molecule has 1 aliphatic heterocycles. The predicted molar refractivity (Wildman–Crippen MR) is 51.4 cm³/mol. The highest BCUT2D eigenvalue weighted by atomic mass is 16.5. The fourth-order valence-corrected chi connectivity index (χ4v) is 1.61. The second kappa shape index (κ2) is 5.02. The fraction of sp³-hybridized carbons (Fsp3) is 0.700. The molecule has 1 aliphatic rings. The summed E-state index contributed by atoms with van der Waals surface area (Å²) in [6, 6.07) is -0.0336. The number of ether oxygens (including phenoxy) is 1. The summed E-state index contributed by atoms with van der Waals surface area (Å²) in [5.41, 5.74) is 0. The lowest BCUT2D eigenvalue weighted by molar-refractivity contribution is -0.149. The van der Waals surface area contributed by atoms with E-state index in [-0.39, 0.29) is 12.0 Å². The minimum Gasteiger partial charge on any atom is -0.460 e. The molecule has 0 spiro atoms. The van der Waals surface area contributed by atoms with Crippen LogP contribution in [-0.2, 0) is 9.53 Å². The third kappa shape index (κ3) is 2.84. The summed E-state index contributed by atoms with van der Waals surface area (Å²) in [7, 11) is 1.97. The Labute approximate surface area is 79.4 Å². The average Bonchev–Trinajstić information content (AvgIpc) is 2.15. The molecule has 3 heteroatoms. The molecule has 0 radical (unpaired) electrons. The van der Waals surface area contributed by atoms with E-state index in [4.69, 9.17) is 4.74 Å². The molecule has 0 aromatic carbocycles. The van der Waals surface area contributed by atoms with Gasteiger partial charge in [-0.1, -0.05) is 19.1 Å². The topological polar surface area (TPSA) is 29.5 Å². The van der Waals surface area contributed by atoms with Crippen LogP contribution in [0.25, 0.3) is 0 Å². The SMILES string of the molecule is C=CCOC(=O)[C@@H]1CCCCN1C. The predicted octanol–water partition coefficient (Wildman–Crippen LogP) is 1.20. The summed E-state index contributed by atoms with van der Waals surface area (Å²) in [5.74, 6) is -0.109. The summed E-state index contributed by atoms with van der Waals surface area (Å²) in [6.07, 6.45) is 4.83. The molecular weight excluding hydrogens is 166 g/mol. The van der Waals surface area contributed by atoms with Crippen molar-refractivity contribution in [2.75, 3.05) is 20.2 Å². The summed E-state index contributed by atoms with van der Waals surface area (Å²) < 4.78 is 5.00. The lowest BCUT2D eigenvalue weighted by atomic mass is 10.0. The standard InChI is InChI=1S/C10H17NO2/c1-3-8-13-10(12)9-6-4-5-7-11(9)2/h3,9H,1,4-8H2,2H3/t9-/m0/s1. The number of likely N-dealkylation sites (N-methyl/N-ethyl adjacent to an activating group) is 1. The average molecular weight is 183 g/mol. The third-order valence-electron chi connectivity index (χ3n) is 2.39. The smallest absolute Gasteiger partial charge is 0.323 e. The molecular formula is C10H17NO2. The molecule has 0 aliphatic carbocycles. The van der Waals surface area contributed by atoms with Crippen LogP contribution >= 0.6 is 0 Å². The molecule has 1 fully saturated rings. The van der Waals surface area contributed by atoms with Crippen molar-refractivity contribution in [1.82, 2.24) is 4.90 Å². The van der Waals surface area contributed by atoms with Crippen LogP contribution in [0.15, 0.2) is 12.7 Å². The Morgan fingerprint density at radius 2 is 2.46 bits per heavy atom. The van der Waals surface area contributed by atoms with Crippen LogP contribution in [0.2, 0.25) is 0 Å². The lowest BCUT2D eigenvalue weighted by Gasteiger charge is -2.30. The van der Waals surface area contributed by atoms with Crippen molar-refractivity contribution in [3.63, 3.8) is 0 Å². The highest BCUT2D eigenvalue weighted by molar-refractivity contribution is 5.75. The Kier molecular flexibility index (Phi) is 3.96. The number of esters is 1. The molecule has 1 rings (SSSR count). The van der Waals surface area contributed by atoms with Gasteiger partial charge in [-0.25, -0.2) is 0 Å². The van der Waals surface area contributed by atoms with Gasteiger partial charge in [-0.05, 0) is 26.4 Å². The molecule has 0 aromatic heterocycles. The van der Waals surface area contributed by atoms with Crippen LogP contribution in [0, 0.1) is 0 Å². The van der Waals surface area contributed by atoms with Crippen LogP contribution in [-0.4, -0.2) is 37.1 Å². The van der Waals surface area contributed by atoms with Gasteiger partial charge in [-0.2, -0.15) is 0 Å². The molecule has 74 valence electrons. The van der Waals surface area contributed by atoms with Crippen molar-refractivity contribution in [2.24, 2.45) is 0 Å². The van der Waals surface area contributed by atoms with Gasteiger partial charge in [0.25, 0.3) is 0 Å². The van der Waals surface area contributed by atoms with Gasteiger partial charge in [0.2, 0.25) is 0 Å². The van der Waals surface area contributed by atoms with E-state index < -0.39 is 0 Å². The first kappa shape index (κ1) is 10.3. The zero-order valence-corrected chi connectivity index (χ0v) is 8.16. The van der Waals surface area contributed by atoms with Crippen molar-refractivity contribution in [1.29, 1.82) is 0 Å². The number of carbonyl (C=O) groups is 1. The van der Waals surface area contributed by atoms with Gasteiger partial charge in [0.1, 0.15) is 12.6 Å². The van der Waals surface area contributed by atoms with E-state index in [1.807, 2.05) is 7.05 Å². The fourth-order valence-electron chi connectivity index (χ4n) is 1.61. The molecule has 0 N–H and O–H groups in total. The number of hydrogen-bond donors (Lipinski definition) is 0. The van der Waals surface area contributed by atoms with Crippen molar-refractivity contribution in [3.8, 4) is 0 Å². The molecule has 0 aromatic rings. The summed E-state index contributed by atoms with van der Waals surface area (Å²) in [5, 5.41) is 0. The van der Waals surface area contributed by atoms with Gasteiger partial charge < -0.3 is 4.74 Å². The Bertz CT molecular complexity index is 191. The quantitative estimate of drug-likeness (QED) is 0.486. The monoisotopic (exact) mass is 183 g/mol. The van der Waals surface area contributed by atoms with Crippen LogP contribution in [0.5, 0.6) is 0 Å². The Hall–Kier alpha value is -0.830. The van der Waals surface area contributed by atoms with Crippen molar-refractivity contribution in [2.45, 2.75) is 25.3 Å². The second-order valence-corrected chi connectivity index (χ2v) is 3.41. The van der Waals surface area contributed by atoms with E-state index in [9.17, 15) is 4.79 Å². The molecule has 1 saturated heterocycles. The first-order valence-electron chi connectivity index (χ1n) is 4.73. The largest absolute Gasteiger partial charge is 0.460 e. The number of likely N-dealkylation sites (tertiary alicyclic amines) is 1. The van der Waals surface area contributed by atoms with Crippen LogP contribution in [0.3, 0.4) is 0 Å². The number of carbonyl (C=O) groups excluding carboxylic acids is 1. The minimum atomic E-state index is -0.109. The molecule has 0 saturated carbocycles. The minimum absolute atomic E-state index is 0.0336. The van der Waals surface area contributed by atoms with Gasteiger partial charge in [-0.3, -0.25) is 9.69 Å². The van der Waals surface area contributed by atoms with Crippen molar-refractivity contribution in [3.05, 3.63) is 12.7 Å². The maximum Gasteiger partial charge on any atom is 0.323 e. The number of piperidine rings is 1. The maximum atomic E-state index is 11.5. The highest BCUT2D eigenvalue weighted by Crippen LogP contribution is 2.15. The summed E-state index contributed by atoms with van der Waals surface area (Å²) >= 11 is 0. The lowest BCUT2D eigenvalue weighted by Crippen LogP contribution is -2.42. The van der Waals surface area contributed by atoms with Crippen LogP contribution in [0.4, 0.5) is 0 Å². The number of rotatable bonds is 3. The first-order chi connectivity index (χ1) is 6.25. The van der Waals surface area contributed by atoms with Gasteiger partial charge in [0, 0.05) is 0 Å². The van der Waals surface area contributed by atoms with E-state index in [2.05, 4.69) is 11.5 Å². The Morgan fingerprint density at radius 1 is 1.69 bits per heavy atom. The van der Waals surface area contributed by atoms with Gasteiger partial charge in [0.15, 0.2) is 0 Å². The Balaban J connectivity index is 2.39. The third-order valence-corrected chi connectivity index (χ3v) is 2.39. The van der Waals surface area contributed by atoms with E-state index in [0.717, 1.165) is 19.4 Å². The Morgan fingerprint density at radius 3 is 3.08 bits per heavy atom. The molecule has 1 atom stereocenters. The van der Waals surface area contributed by atoms with E-state index in [1.54, 1.807) is 6.08 Å². The van der Waals surface area contributed by atoms with Crippen LogP contribution < -0.4 is 0 Å². The van der Waals surface area contributed by atoms with E-state index >= 15 is 0 Å². The number of hydrogen-bond acceptors (Lipinski definition) is 3. The number of nitrogens with zero attached hydrogens (tertiary/aromatic N) is 1. The highest BCUT2D eigenvalue weighted by Gasteiger charge is 2.26. The second-order valence-electron chi connectivity index (χ2n) is 3.41. The molecule has 3 nitrogen and oxygen atoms in total. The zero-order chi connectivity index (χ0) is 9.68. The van der Waals surface area contributed by atoms with Crippen LogP contribution in [0.1, 0.15) is 19.3 Å². The van der Waals surface area contributed by atoms with E-state index in [1.165, 1.54) is 6.42 Å². The van der Waals surface area contributed by atoms with E-state index in [0.29, 0.717) is 6.61 Å². The first-order valence-corrected chi connectivity index (χ1v) is 4.73. The van der Waals surface area contributed by atoms with Gasteiger partial charge >= 0.3 is 5.97 Å². The van der Waals surface area contributed by atoms with Crippen molar-refractivity contribution < 1.29 is 9.53 Å². The summed E-state index contributed by atoms with van der Waals surface area (Å²) in [4.78, 5) is 13.5. The maximum absolute atomic E-state index is 11.5. The van der Waals surface area contributed by atoms with Gasteiger partial charge in [-0.15, -0.1) is 0 Å². The van der Waals surface area contributed by atoms with Crippen molar-refractivity contribution >= 4 is 5.97 Å². The molecule has 0 unspecified atom stereocenters. The molecule has 0 bridgehead atoms. The molecule has 13 heavy (non-hydrogen) atoms. The summed E-state index contributed by atoms with van der Waals surface area (Å²) in [6.45, 7) is 4.82. The molecule has 0 amide bonds. The molecule has 1 heterocycles.